The number of rotatable bonds is 4. The Balaban J connectivity index is 1.73. The molecule has 2 heterocycles. The zero-order chi connectivity index (χ0) is 21.3. The minimum Gasteiger partial charge on any atom is -0.497 e. The Morgan fingerprint density at radius 2 is 1.90 bits per heavy atom. The summed E-state index contributed by atoms with van der Waals surface area (Å²) in [5.41, 5.74) is 2.00. The van der Waals surface area contributed by atoms with Gasteiger partial charge in [0.15, 0.2) is 11.5 Å². The van der Waals surface area contributed by atoms with Gasteiger partial charge in [0.05, 0.1) is 13.3 Å². The number of fused-ring (bicyclic) bond motifs is 1. The molecule has 8 nitrogen and oxygen atoms in total. The van der Waals surface area contributed by atoms with E-state index in [-0.39, 0.29) is 0 Å². The number of ether oxygens (including phenoxy) is 1. The van der Waals surface area contributed by atoms with Gasteiger partial charge in [-0.15, -0.1) is 0 Å². The fourth-order valence-corrected chi connectivity index (χ4v) is 3.30. The Kier molecular flexibility index (Phi) is 5.05. The molecule has 0 N–H and O–H groups in total. The summed E-state index contributed by atoms with van der Waals surface area (Å²) in [5, 5.41) is 0. The molecule has 0 aliphatic rings. The fourth-order valence-electron chi connectivity index (χ4n) is 3.30. The van der Waals surface area contributed by atoms with Crippen LogP contribution in [0.25, 0.3) is 22.6 Å². The van der Waals surface area contributed by atoms with Crippen molar-refractivity contribution in [2.75, 3.05) is 14.2 Å². The third-order valence-corrected chi connectivity index (χ3v) is 4.90. The van der Waals surface area contributed by atoms with Crippen molar-refractivity contribution < 1.29 is 9.53 Å². The monoisotopic (exact) mass is 403 g/mol. The molecule has 0 spiro atoms. The number of hydrogen-bond donors (Lipinski definition) is 0. The molecule has 0 bridgehead atoms. The van der Waals surface area contributed by atoms with Crippen molar-refractivity contribution in [1.82, 2.24) is 24.0 Å². The van der Waals surface area contributed by atoms with Crippen LogP contribution >= 0.6 is 0 Å². The molecule has 2 aromatic carbocycles. The number of methoxy groups -OCH3 is 1. The van der Waals surface area contributed by atoms with Gasteiger partial charge >= 0.3 is 11.7 Å². The van der Waals surface area contributed by atoms with Crippen molar-refractivity contribution in [3.05, 3.63) is 76.8 Å². The second-order valence-corrected chi connectivity index (χ2v) is 6.94. The zero-order valence-corrected chi connectivity index (χ0v) is 16.9. The lowest BCUT2D eigenvalue weighted by atomic mass is 10.2. The lowest BCUT2D eigenvalue weighted by Crippen LogP contribution is -2.37. The fraction of sp³-hybridized carbons (Fsp3) is 0.182. The third-order valence-electron chi connectivity index (χ3n) is 4.90. The van der Waals surface area contributed by atoms with Crippen molar-refractivity contribution in [1.29, 1.82) is 0 Å². The quantitative estimate of drug-likeness (QED) is 0.523. The molecule has 0 radical (unpaired) electrons. The maximum absolute atomic E-state index is 13.0. The van der Waals surface area contributed by atoms with E-state index < -0.39 is 11.7 Å². The highest BCUT2D eigenvalue weighted by atomic mass is 16.5. The molecular formula is C22H21N5O3. The largest absolute Gasteiger partial charge is 0.497 e. The van der Waals surface area contributed by atoms with Gasteiger partial charge in [-0.05, 0) is 17.7 Å². The molecule has 4 rings (SSSR count). The van der Waals surface area contributed by atoms with Crippen LogP contribution in [-0.2, 0) is 13.6 Å². The average molecular weight is 403 g/mol. The van der Waals surface area contributed by atoms with E-state index in [4.69, 9.17) is 4.74 Å². The highest BCUT2D eigenvalue weighted by Crippen LogP contribution is 2.22. The van der Waals surface area contributed by atoms with Gasteiger partial charge in [0.2, 0.25) is 0 Å². The second kappa shape index (κ2) is 7.82. The van der Waals surface area contributed by atoms with Crippen molar-refractivity contribution in [3.8, 4) is 17.1 Å². The van der Waals surface area contributed by atoms with E-state index in [1.807, 2.05) is 54.6 Å². The van der Waals surface area contributed by atoms with Gasteiger partial charge in [-0.3, -0.25) is 4.57 Å². The van der Waals surface area contributed by atoms with Crippen molar-refractivity contribution in [2.24, 2.45) is 7.05 Å². The SMILES string of the molecule is COc1cccc(-c2ncc3c(n2)n(C)c(=O)n3C(=O)N(C)Cc2ccccc2)c1. The van der Waals surface area contributed by atoms with E-state index in [1.54, 1.807) is 21.2 Å². The lowest BCUT2D eigenvalue weighted by molar-refractivity contribution is 0.208. The Morgan fingerprint density at radius 1 is 1.13 bits per heavy atom. The summed E-state index contributed by atoms with van der Waals surface area (Å²) in [7, 11) is 4.84. The molecule has 0 saturated heterocycles. The van der Waals surface area contributed by atoms with Crippen LogP contribution in [0, 0.1) is 0 Å². The molecule has 30 heavy (non-hydrogen) atoms. The van der Waals surface area contributed by atoms with Crippen LogP contribution in [0.5, 0.6) is 5.75 Å². The second-order valence-electron chi connectivity index (χ2n) is 6.94. The number of carbonyl (C=O) groups excluding carboxylic acids is 1. The number of hydrogen-bond acceptors (Lipinski definition) is 5. The number of amides is 1. The third kappa shape index (κ3) is 3.43. The molecular weight excluding hydrogens is 382 g/mol. The highest BCUT2D eigenvalue weighted by molar-refractivity contribution is 5.88. The summed E-state index contributed by atoms with van der Waals surface area (Å²) < 4.78 is 7.71. The number of aryl methyl sites for hydroxylation is 1. The van der Waals surface area contributed by atoms with Gasteiger partial charge < -0.3 is 9.64 Å². The summed E-state index contributed by atoms with van der Waals surface area (Å²) in [6.45, 7) is 0.380. The van der Waals surface area contributed by atoms with Crippen LogP contribution in [-0.4, -0.2) is 44.2 Å². The zero-order valence-electron chi connectivity index (χ0n) is 16.9. The van der Waals surface area contributed by atoms with E-state index in [9.17, 15) is 9.59 Å². The van der Waals surface area contributed by atoms with Crippen LogP contribution in [0.15, 0.2) is 65.6 Å². The Morgan fingerprint density at radius 3 is 2.63 bits per heavy atom. The van der Waals surface area contributed by atoms with Gasteiger partial charge in [0.1, 0.15) is 11.3 Å². The van der Waals surface area contributed by atoms with E-state index in [2.05, 4.69) is 9.97 Å². The molecule has 0 fully saturated rings. The van der Waals surface area contributed by atoms with Crippen molar-refractivity contribution in [2.45, 2.75) is 6.54 Å². The number of carbonyl (C=O) groups is 1. The maximum Gasteiger partial charge on any atom is 0.338 e. The van der Waals surface area contributed by atoms with Crippen LogP contribution in [0.3, 0.4) is 0 Å². The number of aromatic nitrogens is 4. The number of imidazole rings is 1. The Hall–Kier alpha value is -3.94. The molecule has 8 heteroatoms. The minimum absolute atomic E-state index is 0.360. The van der Waals surface area contributed by atoms with Gasteiger partial charge in [-0.25, -0.2) is 24.1 Å². The molecule has 0 saturated carbocycles. The molecule has 0 unspecified atom stereocenters. The van der Waals surface area contributed by atoms with E-state index in [1.165, 1.54) is 15.7 Å². The topological polar surface area (TPSA) is 82.2 Å². The molecule has 4 aromatic rings. The summed E-state index contributed by atoms with van der Waals surface area (Å²) >= 11 is 0. The number of benzene rings is 2. The predicted molar refractivity (Wildman–Crippen MR) is 113 cm³/mol. The molecule has 152 valence electrons. The Labute approximate surface area is 173 Å². The van der Waals surface area contributed by atoms with Crippen LogP contribution in [0.2, 0.25) is 0 Å². The van der Waals surface area contributed by atoms with Crippen LogP contribution in [0.1, 0.15) is 5.56 Å². The van der Waals surface area contributed by atoms with Gasteiger partial charge in [-0.2, -0.15) is 0 Å². The maximum atomic E-state index is 13.0. The number of nitrogens with zero attached hydrogens (tertiary/aromatic N) is 5. The smallest absolute Gasteiger partial charge is 0.338 e. The van der Waals surface area contributed by atoms with Crippen molar-refractivity contribution in [3.63, 3.8) is 0 Å². The molecule has 1 amide bonds. The summed E-state index contributed by atoms with van der Waals surface area (Å²) in [4.78, 5) is 36.3. The lowest BCUT2D eigenvalue weighted by Gasteiger charge is -2.17. The molecule has 0 aliphatic carbocycles. The first-order chi connectivity index (χ1) is 14.5. The Bertz CT molecular complexity index is 1280. The standard InChI is InChI=1S/C22H21N5O3/c1-25(14-15-8-5-4-6-9-15)21(28)27-18-13-23-19(24-20(18)26(2)22(27)29)16-10-7-11-17(12-16)30-3/h4-13H,14H2,1-3H3. The molecule has 0 aliphatic heterocycles. The summed E-state index contributed by atoms with van der Waals surface area (Å²) in [6, 6.07) is 16.5. The predicted octanol–water partition coefficient (Wildman–Crippen LogP) is 2.91. The first-order valence-corrected chi connectivity index (χ1v) is 9.38. The first kappa shape index (κ1) is 19.4. The summed E-state index contributed by atoms with van der Waals surface area (Å²) in [5.74, 6) is 1.12. The minimum atomic E-state index is -0.466. The highest BCUT2D eigenvalue weighted by Gasteiger charge is 2.22. The van der Waals surface area contributed by atoms with E-state index in [0.29, 0.717) is 29.3 Å². The molecule has 2 aromatic heterocycles. The van der Waals surface area contributed by atoms with Crippen LogP contribution in [0.4, 0.5) is 4.79 Å². The van der Waals surface area contributed by atoms with Gasteiger partial charge in [-0.1, -0.05) is 42.5 Å². The van der Waals surface area contributed by atoms with Gasteiger partial charge in [0.25, 0.3) is 0 Å². The molecule has 0 atom stereocenters. The van der Waals surface area contributed by atoms with E-state index in [0.717, 1.165) is 15.7 Å². The average Bonchev–Trinajstić information content (AvgIpc) is 3.03. The first-order valence-electron chi connectivity index (χ1n) is 9.38. The summed E-state index contributed by atoms with van der Waals surface area (Å²) in [6.07, 6.45) is 1.51. The van der Waals surface area contributed by atoms with E-state index >= 15 is 0 Å². The van der Waals surface area contributed by atoms with Crippen molar-refractivity contribution >= 4 is 17.2 Å². The van der Waals surface area contributed by atoms with Gasteiger partial charge in [0, 0.05) is 26.2 Å². The normalized spacial score (nSPS) is 10.9. The van der Waals surface area contributed by atoms with Crippen LogP contribution < -0.4 is 10.4 Å².